The van der Waals surface area contributed by atoms with E-state index in [4.69, 9.17) is 16.3 Å². The van der Waals surface area contributed by atoms with Crippen molar-refractivity contribution < 1.29 is 14.3 Å². The number of amides is 1. The Morgan fingerprint density at radius 3 is 2.69 bits per heavy atom. The maximum atomic E-state index is 12.5. The van der Waals surface area contributed by atoms with Crippen molar-refractivity contribution in [1.82, 2.24) is 0 Å². The van der Waals surface area contributed by atoms with Crippen LogP contribution in [0, 0.1) is 5.92 Å². The molecule has 1 aliphatic rings. The quantitative estimate of drug-likeness (QED) is 0.738. The predicted octanol–water partition coefficient (Wildman–Crippen LogP) is 4.88. The second-order valence-corrected chi connectivity index (χ2v) is 8.11. The van der Waals surface area contributed by atoms with Crippen LogP contribution < -0.4 is 5.32 Å². The molecule has 3 rings (SSSR count). The van der Waals surface area contributed by atoms with Crippen molar-refractivity contribution >= 4 is 39.8 Å². The van der Waals surface area contributed by atoms with Gasteiger partial charge in [-0.2, -0.15) is 0 Å². The molecule has 1 aromatic heterocycles. The highest BCUT2D eigenvalue weighted by Gasteiger charge is 2.29. The minimum absolute atomic E-state index is 0.150. The molecular formula is C20H22ClNO3S. The summed E-state index contributed by atoms with van der Waals surface area (Å²) in [6, 6.07) is 7.18. The van der Waals surface area contributed by atoms with Gasteiger partial charge in [0.05, 0.1) is 19.1 Å². The second-order valence-electron chi connectivity index (χ2n) is 6.57. The summed E-state index contributed by atoms with van der Waals surface area (Å²) < 4.78 is 4.97. The summed E-state index contributed by atoms with van der Waals surface area (Å²) in [7, 11) is 1.38. The Hall–Kier alpha value is -1.85. The number of hydrogen-bond acceptors (Lipinski definition) is 4. The molecule has 4 nitrogen and oxygen atoms in total. The average molecular weight is 392 g/mol. The zero-order valence-electron chi connectivity index (χ0n) is 14.9. The van der Waals surface area contributed by atoms with Gasteiger partial charge in [-0.25, -0.2) is 4.79 Å². The Balaban J connectivity index is 1.82. The molecule has 0 saturated heterocycles. The van der Waals surface area contributed by atoms with Crippen LogP contribution in [0.3, 0.4) is 0 Å². The van der Waals surface area contributed by atoms with Crippen LogP contribution in [0.15, 0.2) is 24.3 Å². The zero-order valence-corrected chi connectivity index (χ0v) is 16.5. The second kappa shape index (κ2) is 8.23. The number of rotatable bonds is 5. The zero-order chi connectivity index (χ0) is 18.7. The minimum atomic E-state index is -0.376. The molecule has 26 heavy (non-hydrogen) atoms. The van der Waals surface area contributed by atoms with Gasteiger partial charge in [0.1, 0.15) is 5.00 Å². The molecule has 1 amide bonds. The van der Waals surface area contributed by atoms with Gasteiger partial charge in [-0.1, -0.05) is 37.1 Å². The number of nitrogens with one attached hydrogen (secondary N) is 1. The summed E-state index contributed by atoms with van der Waals surface area (Å²) in [5.41, 5.74) is 2.46. The molecule has 1 N–H and O–H groups in total. The van der Waals surface area contributed by atoms with Crippen molar-refractivity contribution in [2.45, 2.75) is 39.0 Å². The monoisotopic (exact) mass is 391 g/mol. The molecule has 0 spiro atoms. The molecular weight excluding hydrogens is 370 g/mol. The van der Waals surface area contributed by atoms with Crippen molar-refractivity contribution in [3.8, 4) is 0 Å². The number of carbonyl (C=O) groups excluding carboxylic acids is 2. The van der Waals surface area contributed by atoms with E-state index in [0.29, 0.717) is 21.5 Å². The van der Waals surface area contributed by atoms with Gasteiger partial charge in [0.15, 0.2) is 0 Å². The van der Waals surface area contributed by atoms with Crippen molar-refractivity contribution in [3.63, 3.8) is 0 Å². The van der Waals surface area contributed by atoms with Crippen molar-refractivity contribution in [1.29, 1.82) is 0 Å². The van der Waals surface area contributed by atoms with Gasteiger partial charge in [0.2, 0.25) is 5.91 Å². The van der Waals surface area contributed by atoms with E-state index < -0.39 is 0 Å². The van der Waals surface area contributed by atoms with Gasteiger partial charge in [-0.3, -0.25) is 4.79 Å². The third-order valence-corrected chi connectivity index (χ3v) is 6.29. The van der Waals surface area contributed by atoms with Crippen LogP contribution in [0.2, 0.25) is 5.02 Å². The highest BCUT2D eigenvalue weighted by molar-refractivity contribution is 7.17. The molecule has 1 aromatic carbocycles. The lowest BCUT2D eigenvalue weighted by Crippen LogP contribution is -2.17. The molecule has 0 radical (unpaired) electrons. The fourth-order valence-electron chi connectivity index (χ4n) is 3.37. The fraction of sp³-hybridized carbons (Fsp3) is 0.400. The van der Waals surface area contributed by atoms with E-state index in [1.54, 1.807) is 12.1 Å². The first-order valence-corrected chi connectivity index (χ1v) is 9.98. The Kier molecular flexibility index (Phi) is 5.99. The van der Waals surface area contributed by atoms with Crippen LogP contribution in [0.1, 0.15) is 46.1 Å². The van der Waals surface area contributed by atoms with Crippen molar-refractivity contribution in [2.75, 3.05) is 12.4 Å². The molecule has 1 aliphatic carbocycles. The molecule has 0 saturated carbocycles. The Labute approximate surface area is 162 Å². The highest BCUT2D eigenvalue weighted by Crippen LogP contribution is 2.40. The van der Waals surface area contributed by atoms with Gasteiger partial charge < -0.3 is 10.1 Å². The summed E-state index contributed by atoms with van der Waals surface area (Å²) in [4.78, 5) is 26.0. The number of thiophene rings is 1. The van der Waals surface area contributed by atoms with Gasteiger partial charge in [0.25, 0.3) is 0 Å². The molecule has 0 aliphatic heterocycles. The van der Waals surface area contributed by atoms with Gasteiger partial charge >= 0.3 is 5.97 Å². The lowest BCUT2D eigenvalue weighted by molar-refractivity contribution is -0.115. The number of halogens is 1. The van der Waals surface area contributed by atoms with Gasteiger partial charge in [0, 0.05) is 9.90 Å². The summed E-state index contributed by atoms with van der Waals surface area (Å²) in [6.07, 6.45) is 4.26. The molecule has 138 valence electrons. The van der Waals surface area contributed by atoms with Crippen molar-refractivity contribution in [3.05, 3.63) is 50.9 Å². The van der Waals surface area contributed by atoms with Crippen LogP contribution in [0.5, 0.6) is 0 Å². The number of esters is 1. The number of hydrogen-bond donors (Lipinski definition) is 1. The van der Waals surface area contributed by atoms with Crippen LogP contribution in [0.4, 0.5) is 5.00 Å². The lowest BCUT2D eigenvalue weighted by Gasteiger charge is -2.20. The molecule has 0 bridgehead atoms. The van der Waals surface area contributed by atoms with Crippen LogP contribution in [-0.2, 0) is 28.8 Å². The van der Waals surface area contributed by atoms with E-state index >= 15 is 0 Å². The summed E-state index contributed by atoms with van der Waals surface area (Å²) >= 11 is 7.39. The molecule has 1 atom stereocenters. The summed E-state index contributed by atoms with van der Waals surface area (Å²) in [5.74, 6) is 0.117. The summed E-state index contributed by atoms with van der Waals surface area (Å²) in [5, 5.41) is 4.17. The van der Waals surface area contributed by atoms with Crippen LogP contribution in [-0.4, -0.2) is 19.0 Å². The lowest BCUT2D eigenvalue weighted by atomic mass is 9.85. The van der Waals surface area contributed by atoms with Crippen LogP contribution in [0.25, 0.3) is 0 Å². The van der Waals surface area contributed by atoms with E-state index in [9.17, 15) is 9.59 Å². The number of ether oxygens (including phenoxy) is 1. The van der Waals surface area contributed by atoms with E-state index in [1.807, 2.05) is 12.1 Å². The average Bonchev–Trinajstić information content (AvgIpc) is 2.99. The maximum absolute atomic E-state index is 12.5. The first kappa shape index (κ1) is 18.9. The molecule has 6 heteroatoms. The van der Waals surface area contributed by atoms with Gasteiger partial charge in [-0.15, -0.1) is 11.3 Å². The van der Waals surface area contributed by atoms with E-state index in [0.717, 1.165) is 36.8 Å². The molecule has 1 unspecified atom stereocenters. The SMILES string of the molecule is CCC1CCc2c(sc(NC(=O)Cc3ccc(Cl)cc3)c2C(=O)OC)C1. The van der Waals surface area contributed by atoms with E-state index in [1.165, 1.54) is 23.3 Å². The Bertz CT molecular complexity index is 813. The number of carbonyl (C=O) groups is 2. The predicted molar refractivity (Wildman–Crippen MR) is 105 cm³/mol. The fourth-order valence-corrected chi connectivity index (χ4v) is 4.86. The maximum Gasteiger partial charge on any atom is 0.341 e. The first-order chi connectivity index (χ1) is 12.5. The molecule has 0 fully saturated rings. The van der Waals surface area contributed by atoms with E-state index in [2.05, 4.69) is 12.2 Å². The Morgan fingerprint density at radius 2 is 2.04 bits per heavy atom. The Morgan fingerprint density at radius 1 is 1.31 bits per heavy atom. The smallest absolute Gasteiger partial charge is 0.341 e. The summed E-state index contributed by atoms with van der Waals surface area (Å²) in [6.45, 7) is 2.19. The third-order valence-electron chi connectivity index (χ3n) is 4.87. The number of benzene rings is 1. The highest BCUT2D eigenvalue weighted by atomic mass is 35.5. The van der Waals surface area contributed by atoms with Gasteiger partial charge in [-0.05, 0) is 48.4 Å². The molecule has 1 heterocycles. The molecule has 2 aromatic rings. The number of methoxy groups -OCH3 is 1. The van der Waals surface area contributed by atoms with Crippen molar-refractivity contribution in [2.24, 2.45) is 5.92 Å². The third kappa shape index (κ3) is 4.10. The number of fused-ring (bicyclic) bond motifs is 1. The van der Waals surface area contributed by atoms with Crippen LogP contribution >= 0.6 is 22.9 Å². The standard InChI is InChI=1S/C20H22ClNO3S/c1-3-12-6-9-15-16(10-12)26-19(18(15)20(24)25-2)22-17(23)11-13-4-7-14(21)8-5-13/h4-5,7-8,12H,3,6,9-11H2,1-2H3,(H,22,23). The van der Waals surface area contributed by atoms with E-state index in [-0.39, 0.29) is 18.3 Å². The normalized spacial score (nSPS) is 16.0. The minimum Gasteiger partial charge on any atom is -0.465 e. The largest absolute Gasteiger partial charge is 0.465 e. The number of anilines is 1. The topological polar surface area (TPSA) is 55.4 Å². The first-order valence-electron chi connectivity index (χ1n) is 8.79.